The molecule has 0 saturated heterocycles. The third-order valence-electron chi connectivity index (χ3n) is 5.00. The Bertz CT molecular complexity index is 1440. The van der Waals surface area contributed by atoms with Crippen LogP contribution in [0.3, 0.4) is 0 Å². The zero-order valence-corrected chi connectivity index (χ0v) is 21.3. The van der Waals surface area contributed by atoms with Crippen LogP contribution in [0.1, 0.15) is 13.8 Å². The third kappa shape index (κ3) is 5.81. The standard InChI is InChI=1S/C23H21ClN7O2S2/c1-3-31(4-2)17-12-13-18(19(15-17)30-35(32,33)20-11-8-14-25-21(20)24)27-28-23-26-22(29-34-23)16-9-6-5-7-10-16/h5-15H,3-4H2,1-2H3/q-1. The first kappa shape index (κ1) is 24.7. The molecule has 0 spiro atoms. The van der Waals surface area contributed by atoms with Crippen LogP contribution in [0.5, 0.6) is 0 Å². The summed E-state index contributed by atoms with van der Waals surface area (Å²) >= 11 is 7.11. The zero-order valence-electron chi connectivity index (χ0n) is 18.9. The maximum Gasteiger partial charge on any atom is 0.249 e. The molecule has 0 bridgehead atoms. The van der Waals surface area contributed by atoms with Gasteiger partial charge in [0.25, 0.3) is 0 Å². The lowest BCUT2D eigenvalue weighted by Crippen LogP contribution is -2.21. The molecule has 0 radical (unpaired) electrons. The lowest BCUT2D eigenvalue weighted by atomic mass is 10.2. The van der Waals surface area contributed by atoms with Gasteiger partial charge in [-0.15, -0.1) is 10.2 Å². The molecular weight excluding hydrogens is 506 g/mol. The highest BCUT2D eigenvalue weighted by atomic mass is 35.5. The second-order valence-electron chi connectivity index (χ2n) is 7.17. The number of halogens is 1. The number of sulfonamides is 1. The van der Waals surface area contributed by atoms with E-state index in [4.69, 9.17) is 11.6 Å². The topological polar surface area (TPSA) is 115 Å². The van der Waals surface area contributed by atoms with Crippen LogP contribution in [0.2, 0.25) is 5.15 Å². The smallest absolute Gasteiger partial charge is 0.249 e. The average molecular weight is 527 g/mol. The predicted octanol–water partition coefficient (Wildman–Crippen LogP) is 6.91. The van der Waals surface area contributed by atoms with Crippen molar-refractivity contribution >= 4 is 55.4 Å². The van der Waals surface area contributed by atoms with Gasteiger partial charge in [-0.1, -0.05) is 53.7 Å². The van der Waals surface area contributed by atoms with Gasteiger partial charge in [0.05, 0.1) is 10.6 Å². The van der Waals surface area contributed by atoms with Crippen molar-refractivity contribution in [3.05, 3.63) is 76.7 Å². The molecular formula is C23H21ClN7O2S2-. The maximum atomic E-state index is 13.0. The van der Waals surface area contributed by atoms with Crippen LogP contribution in [0.15, 0.2) is 82.0 Å². The number of pyridine rings is 1. The molecule has 180 valence electrons. The molecule has 0 amide bonds. The molecule has 2 heterocycles. The average Bonchev–Trinajstić information content (AvgIpc) is 3.34. The molecule has 0 aliphatic carbocycles. The second kappa shape index (κ2) is 10.9. The van der Waals surface area contributed by atoms with Crippen molar-refractivity contribution in [1.29, 1.82) is 0 Å². The minimum atomic E-state index is -4.15. The van der Waals surface area contributed by atoms with E-state index in [1.807, 2.05) is 50.2 Å². The minimum absolute atomic E-state index is 0.130. The van der Waals surface area contributed by atoms with E-state index in [9.17, 15) is 8.42 Å². The Labute approximate surface area is 212 Å². The molecule has 0 fully saturated rings. The molecule has 4 aromatic rings. The van der Waals surface area contributed by atoms with Crippen molar-refractivity contribution in [1.82, 2.24) is 14.3 Å². The van der Waals surface area contributed by atoms with Crippen molar-refractivity contribution in [2.45, 2.75) is 18.7 Å². The Morgan fingerprint density at radius 2 is 1.80 bits per heavy atom. The van der Waals surface area contributed by atoms with Gasteiger partial charge < -0.3 is 9.62 Å². The van der Waals surface area contributed by atoms with Gasteiger partial charge in [0, 0.05) is 42.1 Å². The molecule has 0 unspecified atom stereocenters. The van der Waals surface area contributed by atoms with Crippen LogP contribution in [0, 0.1) is 0 Å². The number of aromatic nitrogens is 3. The number of anilines is 1. The molecule has 9 nitrogen and oxygen atoms in total. The molecule has 0 N–H and O–H groups in total. The molecule has 2 aromatic heterocycles. The van der Waals surface area contributed by atoms with Crippen LogP contribution in [-0.2, 0) is 10.0 Å². The highest BCUT2D eigenvalue weighted by Gasteiger charge is 2.13. The fourth-order valence-corrected chi connectivity index (χ4v) is 5.20. The number of hydrogen-bond acceptors (Lipinski definition) is 9. The van der Waals surface area contributed by atoms with Gasteiger partial charge in [0.15, 0.2) is 5.82 Å². The van der Waals surface area contributed by atoms with Crippen LogP contribution in [0.4, 0.5) is 22.2 Å². The monoisotopic (exact) mass is 526 g/mol. The quantitative estimate of drug-likeness (QED) is 0.173. The van der Waals surface area contributed by atoms with Crippen LogP contribution < -0.4 is 4.90 Å². The first-order valence-corrected chi connectivity index (χ1v) is 13.3. The van der Waals surface area contributed by atoms with E-state index in [2.05, 4.69) is 34.2 Å². The first-order chi connectivity index (χ1) is 16.9. The number of rotatable bonds is 9. The van der Waals surface area contributed by atoms with Crippen molar-refractivity contribution in [3.63, 3.8) is 0 Å². The lowest BCUT2D eigenvalue weighted by molar-refractivity contribution is 0.603. The second-order valence-corrected chi connectivity index (χ2v) is 9.83. The Hall–Kier alpha value is -3.41. The van der Waals surface area contributed by atoms with E-state index >= 15 is 0 Å². The van der Waals surface area contributed by atoms with Gasteiger partial charge in [-0.3, -0.25) is 0 Å². The molecule has 35 heavy (non-hydrogen) atoms. The predicted molar refractivity (Wildman–Crippen MR) is 139 cm³/mol. The van der Waals surface area contributed by atoms with Crippen molar-refractivity contribution in [2.24, 2.45) is 10.2 Å². The highest BCUT2D eigenvalue weighted by Crippen LogP contribution is 2.40. The number of benzene rings is 2. The highest BCUT2D eigenvalue weighted by molar-refractivity contribution is 7.94. The SMILES string of the molecule is CCN(CC)c1ccc(N=Nc2nc(-c3ccccc3)ns2)c([N-]S(=O)(=O)c2cccnc2Cl)c1. The van der Waals surface area contributed by atoms with E-state index in [0.29, 0.717) is 11.0 Å². The van der Waals surface area contributed by atoms with Gasteiger partial charge >= 0.3 is 0 Å². The Balaban J connectivity index is 1.69. The van der Waals surface area contributed by atoms with Gasteiger partial charge in [0.2, 0.25) is 5.13 Å². The van der Waals surface area contributed by atoms with Gasteiger partial charge in [-0.2, -0.15) is 9.36 Å². The van der Waals surface area contributed by atoms with E-state index in [0.717, 1.165) is 35.9 Å². The molecule has 2 aromatic carbocycles. The normalized spacial score (nSPS) is 11.6. The summed E-state index contributed by atoms with van der Waals surface area (Å²) in [4.78, 5) is 10.1. The summed E-state index contributed by atoms with van der Waals surface area (Å²) in [5, 5.41) is 8.61. The molecule has 0 aliphatic heterocycles. The van der Waals surface area contributed by atoms with Crippen molar-refractivity contribution in [2.75, 3.05) is 18.0 Å². The van der Waals surface area contributed by atoms with Crippen LogP contribution >= 0.6 is 23.1 Å². The van der Waals surface area contributed by atoms with Crippen LogP contribution in [0.25, 0.3) is 16.1 Å². The van der Waals surface area contributed by atoms with Crippen LogP contribution in [-0.4, -0.2) is 35.8 Å². The lowest BCUT2D eigenvalue weighted by Gasteiger charge is -2.27. The Morgan fingerprint density at radius 3 is 2.51 bits per heavy atom. The van der Waals surface area contributed by atoms with E-state index in [-0.39, 0.29) is 21.4 Å². The fraction of sp³-hybridized carbons (Fsp3) is 0.174. The summed E-state index contributed by atoms with van der Waals surface area (Å²) in [5.41, 5.74) is 2.07. The summed E-state index contributed by atoms with van der Waals surface area (Å²) in [6, 6.07) is 17.6. The Kier molecular flexibility index (Phi) is 7.69. The van der Waals surface area contributed by atoms with Gasteiger partial charge in [-0.25, -0.2) is 13.4 Å². The third-order valence-corrected chi connectivity index (χ3v) is 7.34. The molecule has 0 aliphatic rings. The van der Waals surface area contributed by atoms with Gasteiger partial charge in [0.1, 0.15) is 15.2 Å². The summed E-state index contributed by atoms with van der Waals surface area (Å²) in [6.07, 6.45) is 1.41. The van der Waals surface area contributed by atoms with E-state index in [1.54, 1.807) is 12.1 Å². The zero-order chi connectivity index (χ0) is 24.8. The van der Waals surface area contributed by atoms with Crippen molar-refractivity contribution in [3.8, 4) is 11.4 Å². The summed E-state index contributed by atoms with van der Waals surface area (Å²) in [6.45, 7) is 5.51. The van der Waals surface area contributed by atoms with Crippen molar-refractivity contribution < 1.29 is 8.42 Å². The van der Waals surface area contributed by atoms with E-state index < -0.39 is 10.0 Å². The first-order valence-electron chi connectivity index (χ1n) is 10.7. The molecule has 4 rings (SSSR count). The Morgan fingerprint density at radius 1 is 1.03 bits per heavy atom. The number of nitrogens with zero attached hydrogens (tertiary/aromatic N) is 7. The fourth-order valence-electron chi connectivity index (χ4n) is 3.25. The summed E-state index contributed by atoms with van der Waals surface area (Å²) < 4.78 is 34.4. The summed E-state index contributed by atoms with van der Waals surface area (Å²) in [5.74, 6) is 0.542. The molecule has 0 saturated carbocycles. The largest absolute Gasteiger partial charge is 0.571 e. The molecule has 12 heteroatoms. The molecule has 0 atom stereocenters. The maximum absolute atomic E-state index is 13.0. The number of hydrogen-bond donors (Lipinski definition) is 0. The summed E-state index contributed by atoms with van der Waals surface area (Å²) in [7, 11) is -4.15. The van der Waals surface area contributed by atoms with Gasteiger partial charge in [-0.05, 0) is 38.1 Å². The number of azo groups is 1. The van der Waals surface area contributed by atoms with E-state index in [1.165, 1.54) is 18.3 Å². The minimum Gasteiger partial charge on any atom is -0.571 e.